The molecule has 5 N–H and O–H groups in total. The molecule has 240 valence electrons. The highest BCUT2D eigenvalue weighted by molar-refractivity contribution is 7.92. The third-order valence-electron chi connectivity index (χ3n) is 7.42. The van der Waals surface area contributed by atoms with Gasteiger partial charge in [-0.05, 0) is 62.2 Å². The molecule has 0 aliphatic rings. The van der Waals surface area contributed by atoms with E-state index in [1.165, 1.54) is 29.7 Å². The molecular weight excluding hydrogens is 625 g/mol. The van der Waals surface area contributed by atoms with Crippen molar-refractivity contribution in [3.05, 3.63) is 124 Å². The first kappa shape index (κ1) is 32.8. The predicted octanol–water partition coefficient (Wildman–Crippen LogP) is 4.52. The summed E-state index contributed by atoms with van der Waals surface area (Å²) in [6, 6.07) is 23.6. The molecule has 0 saturated heterocycles. The number of aromatic amines is 1. The number of carbonyl (C=O) groups is 1. The molecule has 0 spiro atoms. The molecular formula is C33H36N6O5S2. The van der Waals surface area contributed by atoms with Gasteiger partial charge in [-0.3, -0.25) is 18.7 Å². The lowest BCUT2D eigenvalue weighted by atomic mass is 9.99. The highest BCUT2D eigenvalue weighted by Gasteiger charge is 2.20. The quantitative estimate of drug-likeness (QED) is 0.117. The smallest absolute Gasteiger partial charge is 0.261 e. The van der Waals surface area contributed by atoms with E-state index in [4.69, 9.17) is 0 Å². The number of β-amino-alcohol motifs (C(OH)–C–C–N with tert-alkyl or cyclic N) is 1. The summed E-state index contributed by atoms with van der Waals surface area (Å²) < 4.78 is 32.6. The Bertz CT molecular complexity index is 1930. The molecule has 2 aromatic heterocycles. The minimum atomic E-state index is -3.74. The maximum absolute atomic E-state index is 12.7. The van der Waals surface area contributed by atoms with Gasteiger partial charge >= 0.3 is 0 Å². The number of nitrogens with one attached hydrogen (secondary N) is 4. The van der Waals surface area contributed by atoms with Crippen LogP contribution >= 0.6 is 11.5 Å². The van der Waals surface area contributed by atoms with Gasteiger partial charge in [-0.1, -0.05) is 54.0 Å². The van der Waals surface area contributed by atoms with E-state index in [0.29, 0.717) is 23.4 Å². The summed E-state index contributed by atoms with van der Waals surface area (Å²) in [6.07, 6.45) is 3.63. The van der Waals surface area contributed by atoms with Crippen LogP contribution in [0, 0.1) is 0 Å². The summed E-state index contributed by atoms with van der Waals surface area (Å²) in [5, 5.41) is 17.1. The van der Waals surface area contributed by atoms with Crippen molar-refractivity contribution in [1.82, 2.24) is 24.6 Å². The number of aromatic nitrogens is 3. The lowest BCUT2D eigenvalue weighted by molar-refractivity contribution is 0.0951. The molecule has 13 heteroatoms. The molecule has 5 rings (SSSR count). The number of anilines is 1. The van der Waals surface area contributed by atoms with Crippen LogP contribution in [0.2, 0.25) is 0 Å². The van der Waals surface area contributed by atoms with Gasteiger partial charge in [0, 0.05) is 52.6 Å². The predicted molar refractivity (Wildman–Crippen MR) is 179 cm³/mol. The van der Waals surface area contributed by atoms with Crippen molar-refractivity contribution in [2.24, 2.45) is 0 Å². The van der Waals surface area contributed by atoms with E-state index in [0.717, 1.165) is 22.6 Å². The highest BCUT2D eigenvalue weighted by Crippen LogP contribution is 2.22. The van der Waals surface area contributed by atoms with Gasteiger partial charge in [0.2, 0.25) is 0 Å². The zero-order valence-electron chi connectivity index (χ0n) is 25.4. The third-order valence-corrected chi connectivity index (χ3v) is 9.64. The van der Waals surface area contributed by atoms with Gasteiger partial charge in [-0.15, -0.1) is 0 Å². The van der Waals surface area contributed by atoms with E-state index < -0.39 is 16.1 Å². The van der Waals surface area contributed by atoms with Crippen LogP contribution in [-0.2, 0) is 23.1 Å². The second kappa shape index (κ2) is 14.3. The first-order chi connectivity index (χ1) is 22.0. The fourth-order valence-corrected chi connectivity index (χ4v) is 6.38. The van der Waals surface area contributed by atoms with Crippen molar-refractivity contribution in [3.8, 4) is 11.3 Å². The fourth-order valence-electron chi connectivity index (χ4n) is 4.71. The zero-order valence-corrected chi connectivity index (χ0v) is 27.1. The lowest BCUT2D eigenvalue weighted by Crippen LogP contribution is -2.42. The Kier molecular flexibility index (Phi) is 10.2. The normalized spacial score (nSPS) is 12.5. The molecule has 1 amide bonds. The van der Waals surface area contributed by atoms with Crippen molar-refractivity contribution in [3.63, 3.8) is 0 Å². The molecule has 0 fully saturated rings. The molecule has 0 saturated carbocycles. The van der Waals surface area contributed by atoms with Crippen LogP contribution in [-0.4, -0.2) is 45.4 Å². The Labute approximate surface area is 271 Å². The van der Waals surface area contributed by atoms with Crippen molar-refractivity contribution in [2.75, 3.05) is 11.3 Å². The number of H-pyrrole nitrogens is 1. The molecule has 11 nitrogen and oxygen atoms in total. The average Bonchev–Trinajstić information content (AvgIpc) is 3.71. The van der Waals surface area contributed by atoms with Crippen LogP contribution in [0.1, 0.15) is 47.2 Å². The van der Waals surface area contributed by atoms with Gasteiger partial charge < -0.3 is 20.3 Å². The van der Waals surface area contributed by atoms with Crippen LogP contribution in [0.25, 0.3) is 11.3 Å². The average molecular weight is 661 g/mol. The maximum Gasteiger partial charge on any atom is 0.261 e. The number of hydrogen-bond acceptors (Lipinski definition) is 8. The number of amides is 1. The number of aliphatic hydroxyl groups is 1. The van der Waals surface area contributed by atoms with Gasteiger partial charge in [-0.25, -0.2) is 13.4 Å². The lowest BCUT2D eigenvalue weighted by Gasteiger charge is -2.28. The number of sulfonamides is 1. The number of nitrogens with zero attached hydrogens (tertiary/aromatic N) is 2. The van der Waals surface area contributed by atoms with Gasteiger partial charge in [0.25, 0.3) is 21.5 Å². The Morgan fingerprint density at radius 2 is 1.80 bits per heavy atom. The number of benzene rings is 3. The summed E-state index contributed by atoms with van der Waals surface area (Å²) in [5.74, 6) is -0.224. The van der Waals surface area contributed by atoms with Crippen molar-refractivity contribution in [2.45, 2.75) is 49.9 Å². The highest BCUT2D eigenvalue weighted by atomic mass is 32.2. The second-order valence-electron chi connectivity index (χ2n) is 11.5. The molecule has 0 aliphatic heterocycles. The molecule has 0 unspecified atom stereocenters. The van der Waals surface area contributed by atoms with Gasteiger partial charge in [0.1, 0.15) is 0 Å². The van der Waals surface area contributed by atoms with Gasteiger partial charge in [0.15, 0.2) is 0 Å². The minimum absolute atomic E-state index is 0.165. The van der Waals surface area contributed by atoms with Gasteiger partial charge in [-0.2, -0.15) is 0 Å². The molecule has 0 bridgehead atoms. The van der Waals surface area contributed by atoms with E-state index in [2.05, 4.69) is 38.6 Å². The number of carbonyl (C=O) groups excluding carboxylic acids is 1. The van der Waals surface area contributed by atoms with Crippen LogP contribution in [0.15, 0.2) is 107 Å². The minimum Gasteiger partial charge on any atom is -0.387 e. The number of hydrogen-bond donors (Lipinski definition) is 5. The zero-order chi connectivity index (χ0) is 32.7. The molecule has 5 aromatic rings. The molecule has 2 heterocycles. The van der Waals surface area contributed by atoms with Crippen LogP contribution in [0.3, 0.4) is 0 Å². The third kappa shape index (κ3) is 8.79. The molecule has 46 heavy (non-hydrogen) atoms. The first-order valence-electron chi connectivity index (χ1n) is 14.7. The second-order valence-corrected chi connectivity index (χ2v) is 14.1. The standard InChI is InChI=1S/C33H36N6O5S2/c1-33(2,36-20-30(40)25-7-6-8-26(17-25)38-46(43,44)28-9-4-3-5-10-28)15-16-39-21-29(35-22-39)23-11-13-24(14-12-23)32(42)34-19-27-18-31(41)37-45-27/h3-14,17-18,21-22,30,36,38,40H,15-16,19-20H2,1-2H3,(H,34,42)(H,37,41)/t30-/m0/s1. The molecule has 0 radical (unpaired) electrons. The van der Waals surface area contributed by atoms with Crippen LogP contribution < -0.4 is 20.9 Å². The van der Waals surface area contributed by atoms with Crippen molar-refractivity contribution < 1.29 is 18.3 Å². The number of aryl methyl sites for hydroxylation is 1. The van der Waals surface area contributed by atoms with E-state index >= 15 is 0 Å². The van der Waals surface area contributed by atoms with Crippen LogP contribution in [0.4, 0.5) is 5.69 Å². The molecule has 1 atom stereocenters. The summed E-state index contributed by atoms with van der Waals surface area (Å²) in [6.45, 7) is 5.36. The first-order valence-corrected chi connectivity index (χ1v) is 17.0. The van der Waals surface area contributed by atoms with E-state index in [9.17, 15) is 23.1 Å². The summed E-state index contributed by atoms with van der Waals surface area (Å²) in [4.78, 5) is 29.2. The Morgan fingerprint density at radius 3 is 2.52 bits per heavy atom. The number of imidazole rings is 1. The molecule has 3 aromatic carbocycles. The van der Waals surface area contributed by atoms with Gasteiger partial charge in [0.05, 0.1) is 29.6 Å². The topological polar surface area (TPSA) is 158 Å². The largest absolute Gasteiger partial charge is 0.387 e. The Morgan fingerprint density at radius 1 is 1.04 bits per heavy atom. The summed E-state index contributed by atoms with van der Waals surface area (Å²) >= 11 is 1.20. The number of rotatable bonds is 14. The molecule has 0 aliphatic carbocycles. The Balaban J connectivity index is 1.10. The summed E-state index contributed by atoms with van der Waals surface area (Å²) in [5.41, 5.74) is 2.66. The fraction of sp³-hybridized carbons (Fsp3) is 0.242. The van der Waals surface area contributed by atoms with E-state index in [1.54, 1.807) is 60.9 Å². The van der Waals surface area contributed by atoms with E-state index in [1.807, 2.05) is 22.9 Å². The maximum atomic E-state index is 12.7. The number of aliphatic hydroxyl groups excluding tert-OH is 1. The Hall–Kier alpha value is -4.56. The summed E-state index contributed by atoms with van der Waals surface area (Å²) in [7, 11) is -3.74. The van der Waals surface area contributed by atoms with Crippen molar-refractivity contribution in [1.29, 1.82) is 0 Å². The SMILES string of the molecule is CC(C)(CCn1cnc(-c2ccc(C(=O)NCc3cc(=O)[nH]s3)cc2)c1)NC[C@H](O)c1cccc(NS(=O)(=O)c2ccccc2)c1. The van der Waals surface area contributed by atoms with Crippen LogP contribution in [0.5, 0.6) is 0 Å². The monoisotopic (exact) mass is 660 g/mol. The van der Waals surface area contributed by atoms with E-state index in [-0.39, 0.29) is 35.0 Å². The van der Waals surface area contributed by atoms with Crippen molar-refractivity contribution >= 4 is 33.2 Å².